The number of amides is 4. The Labute approximate surface area is 162 Å². The second-order valence-electron chi connectivity index (χ2n) is 6.70. The van der Waals surface area contributed by atoms with Gasteiger partial charge in [0.2, 0.25) is 0 Å². The van der Waals surface area contributed by atoms with Crippen LogP contribution in [-0.2, 0) is 22.7 Å². The molecule has 0 spiro atoms. The van der Waals surface area contributed by atoms with Crippen LogP contribution in [0.25, 0.3) is 0 Å². The third kappa shape index (κ3) is 4.17. The molecule has 0 bridgehead atoms. The number of nitrogens with zero attached hydrogens (tertiary/aromatic N) is 4. The molecule has 7 nitrogen and oxygen atoms in total. The van der Waals surface area contributed by atoms with Gasteiger partial charge in [-0.2, -0.15) is 0 Å². The molecule has 1 aromatic carbocycles. The average molecular weight is 386 g/mol. The lowest BCUT2D eigenvalue weighted by atomic mass is 10.2. The van der Waals surface area contributed by atoms with Crippen molar-refractivity contribution in [3.63, 3.8) is 0 Å². The van der Waals surface area contributed by atoms with Gasteiger partial charge >= 0.3 is 17.8 Å². The molecule has 0 N–H and O–H groups in total. The number of thiophene rings is 1. The van der Waals surface area contributed by atoms with E-state index in [1.165, 1.54) is 11.3 Å². The molecule has 1 aromatic heterocycles. The van der Waals surface area contributed by atoms with Crippen LogP contribution in [0.3, 0.4) is 0 Å². The fraction of sp³-hybridized carbons (Fsp3) is 0.316. The zero-order chi connectivity index (χ0) is 19.6. The van der Waals surface area contributed by atoms with Gasteiger partial charge in [-0.25, -0.2) is 9.69 Å². The van der Waals surface area contributed by atoms with Crippen molar-refractivity contribution in [2.45, 2.75) is 13.1 Å². The maximum Gasteiger partial charge on any atom is 0.335 e. The molecule has 0 atom stereocenters. The Morgan fingerprint density at radius 1 is 0.926 bits per heavy atom. The summed E-state index contributed by atoms with van der Waals surface area (Å²) >= 11 is 1.45. The van der Waals surface area contributed by atoms with Crippen LogP contribution < -0.4 is 4.90 Å². The predicted molar refractivity (Wildman–Crippen MR) is 104 cm³/mol. The molecule has 4 amide bonds. The molecule has 0 saturated carbocycles. The highest BCUT2D eigenvalue weighted by molar-refractivity contribution is 7.09. The molecule has 0 aliphatic carbocycles. The van der Waals surface area contributed by atoms with Crippen LogP contribution in [0.5, 0.6) is 0 Å². The molecule has 0 unspecified atom stereocenters. The lowest BCUT2D eigenvalue weighted by Gasteiger charge is -2.22. The number of anilines is 1. The standard InChI is InChI=1S/C19H22N4O3S/c1-20(2)15-8-6-14(7-9-15)11-21(3)13-23-18(25)17(24)22(19(23)26)12-16-5-4-10-27-16/h4-10H,11-13H2,1-3H3. The second-order valence-corrected chi connectivity index (χ2v) is 7.74. The number of rotatable bonds is 7. The van der Waals surface area contributed by atoms with E-state index in [4.69, 9.17) is 0 Å². The van der Waals surface area contributed by atoms with Crippen LogP contribution in [0.1, 0.15) is 10.4 Å². The Morgan fingerprint density at radius 3 is 2.19 bits per heavy atom. The molecule has 3 rings (SSSR count). The van der Waals surface area contributed by atoms with Gasteiger partial charge in [-0.1, -0.05) is 18.2 Å². The van der Waals surface area contributed by atoms with E-state index in [1.54, 1.807) is 0 Å². The van der Waals surface area contributed by atoms with Crippen LogP contribution in [0, 0.1) is 0 Å². The molecule has 27 heavy (non-hydrogen) atoms. The fourth-order valence-corrected chi connectivity index (χ4v) is 3.57. The monoisotopic (exact) mass is 386 g/mol. The van der Waals surface area contributed by atoms with Crippen LogP contribution in [0.15, 0.2) is 41.8 Å². The molecule has 1 fully saturated rings. The van der Waals surface area contributed by atoms with Crippen molar-refractivity contribution in [2.24, 2.45) is 0 Å². The van der Waals surface area contributed by atoms with Gasteiger partial charge in [-0.05, 0) is 36.2 Å². The smallest absolute Gasteiger partial charge is 0.335 e. The van der Waals surface area contributed by atoms with E-state index in [-0.39, 0.29) is 13.2 Å². The minimum absolute atomic E-state index is 0.0692. The maximum atomic E-state index is 12.5. The molecule has 1 aliphatic heterocycles. The van der Waals surface area contributed by atoms with E-state index >= 15 is 0 Å². The number of carbonyl (C=O) groups excluding carboxylic acids is 3. The Kier molecular flexibility index (Phi) is 5.57. The number of hydrogen-bond acceptors (Lipinski definition) is 6. The largest absolute Gasteiger partial charge is 0.378 e. The molecule has 8 heteroatoms. The van der Waals surface area contributed by atoms with Gasteiger partial charge in [0, 0.05) is 31.2 Å². The Morgan fingerprint density at radius 2 is 1.59 bits per heavy atom. The predicted octanol–water partition coefficient (Wildman–Crippen LogP) is 2.19. The molecule has 142 valence electrons. The highest BCUT2D eigenvalue weighted by Crippen LogP contribution is 2.19. The minimum atomic E-state index is -0.772. The highest BCUT2D eigenvalue weighted by Gasteiger charge is 2.44. The molecule has 2 aromatic rings. The second kappa shape index (κ2) is 7.89. The van der Waals surface area contributed by atoms with E-state index in [9.17, 15) is 14.4 Å². The van der Waals surface area contributed by atoms with Crippen molar-refractivity contribution in [1.29, 1.82) is 0 Å². The zero-order valence-corrected chi connectivity index (χ0v) is 16.4. The highest BCUT2D eigenvalue weighted by atomic mass is 32.1. The van der Waals surface area contributed by atoms with Crippen molar-refractivity contribution in [3.8, 4) is 0 Å². The van der Waals surface area contributed by atoms with Gasteiger partial charge in [0.05, 0.1) is 13.2 Å². The Balaban J connectivity index is 1.63. The molecule has 0 radical (unpaired) electrons. The average Bonchev–Trinajstić information content (AvgIpc) is 3.21. The molecular weight excluding hydrogens is 364 g/mol. The number of hydrogen-bond donors (Lipinski definition) is 0. The third-order valence-corrected chi connectivity index (χ3v) is 5.18. The summed E-state index contributed by atoms with van der Waals surface area (Å²) in [6.07, 6.45) is 0. The SMILES string of the molecule is CN(Cc1ccc(N(C)C)cc1)CN1C(=O)C(=O)N(Cc2cccs2)C1=O. The number of benzene rings is 1. The quantitative estimate of drug-likeness (QED) is 0.539. The first-order chi connectivity index (χ1) is 12.9. The van der Waals surface area contributed by atoms with Crippen LogP contribution in [0.4, 0.5) is 10.5 Å². The third-order valence-electron chi connectivity index (χ3n) is 4.32. The summed E-state index contributed by atoms with van der Waals surface area (Å²) in [4.78, 5) is 43.7. The van der Waals surface area contributed by atoms with E-state index in [2.05, 4.69) is 0 Å². The summed E-state index contributed by atoms with van der Waals surface area (Å²) in [5, 5.41) is 1.87. The van der Waals surface area contributed by atoms with Gasteiger partial charge in [0.15, 0.2) is 0 Å². The Hall–Kier alpha value is -2.71. The summed E-state index contributed by atoms with van der Waals surface area (Å²) in [6, 6.07) is 11.2. The van der Waals surface area contributed by atoms with E-state index in [0.29, 0.717) is 6.54 Å². The summed E-state index contributed by atoms with van der Waals surface area (Å²) in [6.45, 7) is 0.761. The van der Waals surface area contributed by atoms with Crippen LogP contribution in [0.2, 0.25) is 0 Å². The van der Waals surface area contributed by atoms with E-state index in [1.807, 2.05) is 72.7 Å². The van der Waals surface area contributed by atoms with Gasteiger partial charge in [-0.3, -0.25) is 19.4 Å². The lowest BCUT2D eigenvalue weighted by Crippen LogP contribution is -2.40. The van der Waals surface area contributed by atoms with Crippen LogP contribution in [-0.4, -0.2) is 60.4 Å². The number of imide groups is 2. The summed E-state index contributed by atoms with van der Waals surface area (Å²) in [5.41, 5.74) is 2.16. The molecular formula is C19H22N4O3S. The maximum absolute atomic E-state index is 12.5. The van der Waals surface area contributed by atoms with Crippen molar-refractivity contribution in [1.82, 2.24) is 14.7 Å². The molecule has 1 saturated heterocycles. The van der Waals surface area contributed by atoms with Gasteiger partial charge in [-0.15, -0.1) is 11.3 Å². The van der Waals surface area contributed by atoms with E-state index in [0.717, 1.165) is 25.9 Å². The first-order valence-electron chi connectivity index (χ1n) is 8.51. The van der Waals surface area contributed by atoms with Gasteiger partial charge in [0.25, 0.3) is 0 Å². The first kappa shape index (κ1) is 19.1. The topological polar surface area (TPSA) is 64.2 Å². The molecule has 2 heterocycles. The van der Waals surface area contributed by atoms with Crippen molar-refractivity contribution in [2.75, 3.05) is 32.7 Å². The lowest BCUT2D eigenvalue weighted by molar-refractivity contribution is -0.144. The number of carbonyl (C=O) groups is 3. The normalized spacial score (nSPS) is 14.6. The molecule has 1 aliphatic rings. The first-order valence-corrected chi connectivity index (χ1v) is 9.39. The summed E-state index contributed by atoms with van der Waals surface area (Å²) in [7, 11) is 5.77. The Bertz CT molecular complexity index is 833. The van der Waals surface area contributed by atoms with Crippen molar-refractivity contribution < 1.29 is 14.4 Å². The number of urea groups is 1. The minimum Gasteiger partial charge on any atom is -0.378 e. The van der Waals surface area contributed by atoms with Crippen molar-refractivity contribution >= 4 is 34.9 Å². The van der Waals surface area contributed by atoms with Gasteiger partial charge in [0.1, 0.15) is 0 Å². The van der Waals surface area contributed by atoms with Crippen LogP contribution >= 0.6 is 11.3 Å². The summed E-state index contributed by atoms with van der Waals surface area (Å²) < 4.78 is 0. The zero-order valence-electron chi connectivity index (χ0n) is 15.6. The van der Waals surface area contributed by atoms with Gasteiger partial charge < -0.3 is 4.90 Å². The van der Waals surface area contributed by atoms with E-state index < -0.39 is 17.8 Å². The van der Waals surface area contributed by atoms with Crippen molar-refractivity contribution in [3.05, 3.63) is 52.2 Å². The fourth-order valence-electron chi connectivity index (χ4n) is 2.88. The summed E-state index contributed by atoms with van der Waals surface area (Å²) in [5.74, 6) is -1.54.